The van der Waals surface area contributed by atoms with Crippen LogP contribution in [0.15, 0.2) is 28.9 Å². The van der Waals surface area contributed by atoms with Crippen molar-refractivity contribution in [1.82, 2.24) is 15.0 Å². The van der Waals surface area contributed by atoms with Gasteiger partial charge in [-0.05, 0) is 30.7 Å². The van der Waals surface area contributed by atoms with E-state index >= 15 is 0 Å². The largest absolute Gasteiger partial charge is 0.216 e. The molecule has 0 saturated carbocycles. The van der Waals surface area contributed by atoms with Crippen LogP contribution in [0.4, 0.5) is 0 Å². The van der Waals surface area contributed by atoms with Gasteiger partial charge in [0, 0.05) is 4.47 Å². The Morgan fingerprint density at radius 2 is 2.27 bits per heavy atom. The maximum atomic E-state index is 5.78. The van der Waals surface area contributed by atoms with E-state index in [1.165, 1.54) is 0 Å². The summed E-state index contributed by atoms with van der Waals surface area (Å²) >= 11 is 9.24. The number of alkyl halides is 1. The molecule has 0 amide bonds. The molecule has 0 atom stereocenters. The van der Waals surface area contributed by atoms with Crippen LogP contribution in [-0.4, -0.2) is 15.0 Å². The zero-order valence-electron chi connectivity index (χ0n) is 8.11. The Kier molecular flexibility index (Phi) is 3.07. The first-order valence-corrected chi connectivity index (χ1v) is 5.77. The van der Waals surface area contributed by atoms with Gasteiger partial charge in [-0.2, -0.15) is 0 Å². The summed E-state index contributed by atoms with van der Waals surface area (Å²) in [5.41, 5.74) is 3.02. The van der Waals surface area contributed by atoms with Gasteiger partial charge in [-0.25, -0.2) is 4.68 Å². The van der Waals surface area contributed by atoms with Crippen LogP contribution < -0.4 is 0 Å². The van der Waals surface area contributed by atoms with Gasteiger partial charge in [-0.15, -0.1) is 16.7 Å². The topological polar surface area (TPSA) is 30.7 Å². The van der Waals surface area contributed by atoms with Crippen molar-refractivity contribution in [1.29, 1.82) is 0 Å². The monoisotopic (exact) mass is 285 g/mol. The Morgan fingerprint density at radius 3 is 2.93 bits per heavy atom. The van der Waals surface area contributed by atoms with Gasteiger partial charge in [-0.3, -0.25) is 0 Å². The van der Waals surface area contributed by atoms with Crippen molar-refractivity contribution in [3.63, 3.8) is 0 Å². The summed E-state index contributed by atoms with van der Waals surface area (Å²) in [6.45, 7) is 2.03. The molecule has 0 aliphatic rings. The zero-order valence-corrected chi connectivity index (χ0v) is 10.5. The number of hydrogen-bond donors (Lipinski definition) is 0. The quantitative estimate of drug-likeness (QED) is 0.794. The third kappa shape index (κ3) is 2.06. The molecule has 0 bridgehead atoms. The van der Waals surface area contributed by atoms with Crippen LogP contribution in [0, 0.1) is 6.92 Å². The maximum Gasteiger partial charge on any atom is 0.0793 e. The maximum absolute atomic E-state index is 5.78. The number of aryl methyl sites for hydroxylation is 1. The molecule has 1 aromatic heterocycles. The number of hydrogen-bond acceptors (Lipinski definition) is 2. The van der Waals surface area contributed by atoms with Crippen LogP contribution in [-0.2, 0) is 5.88 Å². The normalized spacial score (nSPS) is 10.6. The molecule has 0 fully saturated rings. The van der Waals surface area contributed by atoms with E-state index in [1.807, 2.05) is 25.1 Å². The number of benzene rings is 1. The second-order valence-corrected chi connectivity index (χ2v) is 4.33. The molecular weight excluding hydrogens is 277 g/mol. The summed E-state index contributed by atoms with van der Waals surface area (Å²) in [5.74, 6) is 0.405. The minimum atomic E-state index is 0.405. The number of halogens is 2. The second kappa shape index (κ2) is 4.33. The molecule has 1 aromatic carbocycles. The molecule has 0 aliphatic heterocycles. The van der Waals surface area contributed by atoms with Crippen LogP contribution in [0.3, 0.4) is 0 Å². The number of nitrogens with zero attached hydrogens (tertiary/aromatic N) is 3. The first kappa shape index (κ1) is 10.6. The molecule has 0 saturated heterocycles. The van der Waals surface area contributed by atoms with Crippen molar-refractivity contribution in [3.05, 3.63) is 40.1 Å². The van der Waals surface area contributed by atoms with E-state index in [0.29, 0.717) is 5.88 Å². The molecule has 5 heteroatoms. The fourth-order valence-corrected chi connectivity index (χ4v) is 1.75. The average Bonchev–Trinajstić information content (AvgIpc) is 2.70. The Bertz CT molecular complexity index is 481. The lowest BCUT2D eigenvalue weighted by atomic mass is 10.2. The van der Waals surface area contributed by atoms with Crippen molar-refractivity contribution in [2.45, 2.75) is 12.8 Å². The highest BCUT2D eigenvalue weighted by Gasteiger charge is 2.05. The van der Waals surface area contributed by atoms with E-state index in [1.54, 1.807) is 10.9 Å². The van der Waals surface area contributed by atoms with Gasteiger partial charge < -0.3 is 0 Å². The lowest BCUT2D eigenvalue weighted by Crippen LogP contribution is -2.01. The van der Waals surface area contributed by atoms with Crippen molar-refractivity contribution < 1.29 is 0 Å². The van der Waals surface area contributed by atoms with E-state index in [4.69, 9.17) is 11.6 Å². The van der Waals surface area contributed by atoms with Crippen molar-refractivity contribution in [3.8, 4) is 5.69 Å². The molecule has 2 rings (SSSR count). The number of aromatic nitrogens is 3. The third-order valence-electron chi connectivity index (χ3n) is 2.14. The molecular formula is C10H9BrClN3. The first-order chi connectivity index (χ1) is 7.22. The zero-order chi connectivity index (χ0) is 10.8. The molecule has 0 radical (unpaired) electrons. The molecule has 3 nitrogen and oxygen atoms in total. The highest BCUT2D eigenvalue weighted by atomic mass is 79.9. The van der Waals surface area contributed by atoms with Crippen LogP contribution in [0.2, 0.25) is 0 Å². The molecule has 0 spiro atoms. The van der Waals surface area contributed by atoms with Gasteiger partial charge in [0.2, 0.25) is 0 Å². The van der Waals surface area contributed by atoms with Crippen molar-refractivity contribution >= 4 is 27.5 Å². The summed E-state index contributed by atoms with van der Waals surface area (Å²) in [5, 5.41) is 7.83. The van der Waals surface area contributed by atoms with Crippen LogP contribution in [0.25, 0.3) is 5.69 Å². The highest BCUT2D eigenvalue weighted by Crippen LogP contribution is 2.20. The van der Waals surface area contributed by atoms with Crippen molar-refractivity contribution in [2.24, 2.45) is 0 Å². The van der Waals surface area contributed by atoms with E-state index in [9.17, 15) is 0 Å². The summed E-state index contributed by atoms with van der Waals surface area (Å²) in [6.07, 6.45) is 1.67. The van der Waals surface area contributed by atoms with E-state index in [2.05, 4.69) is 26.2 Å². The SMILES string of the molecule is Cc1cc(-n2nncc2CCl)ccc1Br. The fraction of sp³-hybridized carbons (Fsp3) is 0.200. The lowest BCUT2D eigenvalue weighted by molar-refractivity contribution is 0.780. The average molecular weight is 287 g/mol. The molecule has 0 aliphatic carbocycles. The summed E-state index contributed by atoms with van der Waals surface area (Å²) in [6, 6.07) is 6.00. The van der Waals surface area contributed by atoms with Crippen LogP contribution in [0.5, 0.6) is 0 Å². The lowest BCUT2D eigenvalue weighted by Gasteiger charge is -2.05. The van der Waals surface area contributed by atoms with Gasteiger partial charge >= 0.3 is 0 Å². The fourth-order valence-electron chi connectivity index (χ4n) is 1.33. The van der Waals surface area contributed by atoms with E-state index < -0.39 is 0 Å². The van der Waals surface area contributed by atoms with Crippen LogP contribution >= 0.6 is 27.5 Å². The van der Waals surface area contributed by atoms with Gasteiger partial charge in [0.15, 0.2) is 0 Å². The molecule has 0 unspecified atom stereocenters. The standard InChI is InChI=1S/C10H9BrClN3/c1-7-4-8(2-3-10(7)11)15-9(5-12)6-13-14-15/h2-4,6H,5H2,1H3. The minimum absolute atomic E-state index is 0.405. The van der Waals surface area contributed by atoms with Crippen LogP contribution in [0.1, 0.15) is 11.3 Å². The molecule has 78 valence electrons. The van der Waals surface area contributed by atoms with Gasteiger partial charge in [0.25, 0.3) is 0 Å². The predicted molar refractivity (Wildman–Crippen MR) is 63.4 cm³/mol. The van der Waals surface area contributed by atoms with Gasteiger partial charge in [0.1, 0.15) is 0 Å². The minimum Gasteiger partial charge on any atom is -0.216 e. The molecule has 0 N–H and O–H groups in total. The second-order valence-electron chi connectivity index (χ2n) is 3.20. The van der Waals surface area contributed by atoms with Gasteiger partial charge in [-0.1, -0.05) is 21.1 Å². The van der Waals surface area contributed by atoms with Crippen molar-refractivity contribution in [2.75, 3.05) is 0 Å². The highest BCUT2D eigenvalue weighted by molar-refractivity contribution is 9.10. The Labute approximate surface area is 101 Å². The predicted octanol–water partition coefficient (Wildman–Crippen LogP) is 3.08. The molecule has 15 heavy (non-hydrogen) atoms. The summed E-state index contributed by atoms with van der Waals surface area (Å²) < 4.78 is 2.82. The Balaban J connectivity index is 2.50. The number of rotatable bonds is 2. The summed E-state index contributed by atoms with van der Waals surface area (Å²) in [4.78, 5) is 0. The van der Waals surface area contributed by atoms with E-state index in [0.717, 1.165) is 21.4 Å². The molecule has 2 aromatic rings. The Hall–Kier alpha value is -0.870. The third-order valence-corrected chi connectivity index (χ3v) is 3.31. The Morgan fingerprint density at radius 1 is 1.47 bits per heavy atom. The summed E-state index contributed by atoms with van der Waals surface area (Å²) in [7, 11) is 0. The first-order valence-electron chi connectivity index (χ1n) is 4.44. The van der Waals surface area contributed by atoms with E-state index in [-0.39, 0.29) is 0 Å². The smallest absolute Gasteiger partial charge is 0.0793 e. The molecule has 1 heterocycles. The van der Waals surface area contributed by atoms with Gasteiger partial charge in [0.05, 0.1) is 23.5 Å².